The van der Waals surface area contributed by atoms with Crippen LogP contribution in [0.3, 0.4) is 0 Å². The monoisotopic (exact) mass is 397 g/mol. The highest BCUT2D eigenvalue weighted by molar-refractivity contribution is 6.08. The summed E-state index contributed by atoms with van der Waals surface area (Å²) >= 11 is 0. The number of hydrazine groups is 1. The lowest BCUT2D eigenvalue weighted by Gasteiger charge is -2.22. The van der Waals surface area contributed by atoms with Gasteiger partial charge in [-0.3, -0.25) is 15.0 Å². The maximum Gasteiger partial charge on any atom is 0.344 e. The van der Waals surface area contributed by atoms with Gasteiger partial charge in [0.25, 0.3) is 5.91 Å². The molecule has 0 bridgehead atoms. The predicted molar refractivity (Wildman–Crippen MR) is 105 cm³/mol. The number of benzene rings is 2. The number of hydrogen-bond donors (Lipinski definition) is 2. The molecular formula is C21H23N3O5. The molecule has 1 unspecified atom stereocenters. The molecule has 1 fully saturated rings. The molecule has 1 saturated heterocycles. The van der Waals surface area contributed by atoms with Crippen molar-refractivity contribution < 1.29 is 23.9 Å². The number of nitrogens with one attached hydrogen (secondary N) is 2. The van der Waals surface area contributed by atoms with Crippen LogP contribution in [-0.4, -0.2) is 36.6 Å². The second kappa shape index (κ2) is 8.64. The topological polar surface area (TPSA) is 97.0 Å². The van der Waals surface area contributed by atoms with Crippen molar-refractivity contribution in [2.24, 2.45) is 0 Å². The standard InChI is InChI=1S/C21H23N3O5/c1-21(15-7-4-3-5-8-15)19(26)24(20(27)22-21)23-18(25)9-6-14-29-17-12-10-16(28-2)11-13-17/h3-5,7-8,10-13H,6,9,14H2,1-2H3,(H,22,27)(H,23,25). The van der Waals surface area contributed by atoms with Crippen molar-refractivity contribution in [3.05, 3.63) is 60.2 Å². The SMILES string of the molecule is COc1ccc(OCCCC(=O)NN2C(=O)NC(C)(c3ccccc3)C2=O)cc1. The summed E-state index contributed by atoms with van der Waals surface area (Å²) in [7, 11) is 1.59. The summed E-state index contributed by atoms with van der Waals surface area (Å²) in [6, 6.07) is 15.3. The molecule has 1 aliphatic rings. The number of amides is 4. The number of rotatable bonds is 8. The van der Waals surface area contributed by atoms with Crippen molar-refractivity contribution >= 4 is 17.8 Å². The molecule has 8 nitrogen and oxygen atoms in total. The van der Waals surface area contributed by atoms with Gasteiger partial charge >= 0.3 is 6.03 Å². The summed E-state index contributed by atoms with van der Waals surface area (Å²) in [6.07, 6.45) is 0.534. The zero-order valence-corrected chi connectivity index (χ0v) is 16.3. The molecule has 1 heterocycles. The van der Waals surface area contributed by atoms with Crippen LogP contribution in [0.15, 0.2) is 54.6 Å². The van der Waals surface area contributed by atoms with E-state index >= 15 is 0 Å². The lowest BCUT2D eigenvalue weighted by Crippen LogP contribution is -2.47. The van der Waals surface area contributed by atoms with Gasteiger partial charge in [0, 0.05) is 6.42 Å². The Bertz CT molecular complexity index is 885. The molecule has 8 heteroatoms. The second-order valence-electron chi connectivity index (χ2n) is 6.72. The van der Waals surface area contributed by atoms with Crippen LogP contribution < -0.4 is 20.2 Å². The van der Waals surface area contributed by atoms with Gasteiger partial charge in [-0.1, -0.05) is 30.3 Å². The van der Waals surface area contributed by atoms with E-state index in [9.17, 15) is 14.4 Å². The van der Waals surface area contributed by atoms with Crippen molar-refractivity contribution in [3.63, 3.8) is 0 Å². The second-order valence-corrected chi connectivity index (χ2v) is 6.72. The number of imide groups is 1. The van der Waals surface area contributed by atoms with E-state index in [-0.39, 0.29) is 6.42 Å². The number of hydrogen-bond acceptors (Lipinski definition) is 5. The van der Waals surface area contributed by atoms with Crippen LogP contribution in [0.5, 0.6) is 11.5 Å². The molecule has 0 saturated carbocycles. The van der Waals surface area contributed by atoms with E-state index in [4.69, 9.17) is 9.47 Å². The van der Waals surface area contributed by atoms with E-state index < -0.39 is 23.4 Å². The Morgan fingerprint density at radius 1 is 1.07 bits per heavy atom. The molecule has 2 N–H and O–H groups in total. The van der Waals surface area contributed by atoms with E-state index in [0.717, 1.165) is 10.8 Å². The number of carbonyl (C=O) groups excluding carboxylic acids is 3. The van der Waals surface area contributed by atoms with E-state index in [0.29, 0.717) is 24.3 Å². The first-order valence-electron chi connectivity index (χ1n) is 9.22. The molecule has 0 aromatic heterocycles. The summed E-state index contributed by atoms with van der Waals surface area (Å²) in [6.45, 7) is 1.93. The van der Waals surface area contributed by atoms with E-state index in [1.54, 1.807) is 62.6 Å². The van der Waals surface area contributed by atoms with Crippen LogP contribution in [0, 0.1) is 0 Å². The van der Waals surface area contributed by atoms with Gasteiger partial charge in [-0.15, -0.1) is 0 Å². The highest BCUT2D eigenvalue weighted by Gasteiger charge is 2.49. The lowest BCUT2D eigenvalue weighted by atomic mass is 9.92. The molecule has 3 rings (SSSR count). The first kappa shape index (κ1) is 20.2. The third-order valence-corrected chi connectivity index (χ3v) is 4.65. The molecule has 1 atom stereocenters. The Balaban J connectivity index is 1.48. The third-order valence-electron chi connectivity index (χ3n) is 4.65. The summed E-state index contributed by atoms with van der Waals surface area (Å²) < 4.78 is 10.6. The summed E-state index contributed by atoms with van der Waals surface area (Å²) in [5.74, 6) is 0.424. The molecule has 4 amide bonds. The minimum atomic E-state index is -1.22. The highest BCUT2D eigenvalue weighted by Crippen LogP contribution is 2.27. The van der Waals surface area contributed by atoms with Crippen molar-refractivity contribution in [2.45, 2.75) is 25.3 Å². The van der Waals surface area contributed by atoms with Gasteiger partial charge in [-0.25, -0.2) is 4.79 Å². The fourth-order valence-electron chi connectivity index (χ4n) is 2.98. The Morgan fingerprint density at radius 3 is 2.38 bits per heavy atom. The maximum absolute atomic E-state index is 12.7. The van der Waals surface area contributed by atoms with Gasteiger partial charge in [-0.05, 0) is 43.2 Å². The molecule has 0 spiro atoms. The van der Waals surface area contributed by atoms with Gasteiger partial charge in [0.1, 0.15) is 17.0 Å². The molecule has 0 aliphatic carbocycles. The molecule has 152 valence electrons. The molecule has 29 heavy (non-hydrogen) atoms. The number of ether oxygens (including phenoxy) is 2. The van der Waals surface area contributed by atoms with Crippen molar-refractivity contribution in [1.82, 2.24) is 15.8 Å². The molecule has 2 aromatic rings. The zero-order chi connectivity index (χ0) is 20.9. The number of methoxy groups -OCH3 is 1. The third kappa shape index (κ3) is 4.48. The first-order valence-corrected chi connectivity index (χ1v) is 9.22. The maximum atomic E-state index is 12.7. The molecule has 1 aliphatic heterocycles. The summed E-state index contributed by atoms with van der Waals surface area (Å²) in [4.78, 5) is 37.1. The number of urea groups is 1. The van der Waals surface area contributed by atoms with Crippen LogP contribution >= 0.6 is 0 Å². The van der Waals surface area contributed by atoms with Crippen molar-refractivity contribution in [2.75, 3.05) is 13.7 Å². The average Bonchev–Trinajstić information content (AvgIpc) is 2.96. The van der Waals surface area contributed by atoms with Gasteiger partial charge in [0.05, 0.1) is 13.7 Å². The van der Waals surface area contributed by atoms with E-state index in [1.807, 2.05) is 6.07 Å². The minimum Gasteiger partial charge on any atom is -0.497 e. The minimum absolute atomic E-state index is 0.106. The predicted octanol–water partition coefficient (Wildman–Crippen LogP) is 2.35. The van der Waals surface area contributed by atoms with Crippen LogP contribution in [0.2, 0.25) is 0 Å². The van der Waals surface area contributed by atoms with Crippen LogP contribution in [0.1, 0.15) is 25.3 Å². The molecule has 0 radical (unpaired) electrons. The van der Waals surface area contributed by atoms with Gasteiger partial charge in [-0.2, -0.15) is 5.01 Å². The normalized spacial score (nSPS) is 18.3. The fraction of sp³-hybridized carbons (Fsp3) is 0.286. The van der Waals surface area contributed by atoms with E-state index in [1.165, 1.54) is 0 Å². The Hall–Kier alpha value is -3.55. The average molecular weight is 397 g/mol. The highest BCUT2D eigenvalue weighted by atomic mass is 16.5. The van der Waals surface area contributed by atoms with Crippen LogP contribution in [-0.2, 0) is 15.1 Å². The van der Waals surface area contributed by atoms with Gasteiger partial charge in [0.2, 0.25) is 5.91 Å². The largest absolute Gasteiger partial charge is 0.497 e. The Morgan fingerprint density at radius 2 is 1.72 bits per heavy atom. The summed E-state index contributed by atoms with van der Waals surface area (Å²) in [5, 5.41) is 3.37. The zero-order valence-electron chi connectivity index (χ0n) is 16.3. The van der Waals surface area contributed by atoms with Crippen molar-refractivity contribution in [3.8, 4) is 11.5 Å². The van der Waals surface area contributed by atoms with Gasteiger partial charge in [0.15, 0.2) is 0 Å². The molecular weight excluding hydrogens is 374 g/mol. The van der Waals surface area contributed by atoms with Crippen molar-refractivity contribution in [1.29, 1.82) is 0 Å². The lowest BCUT2D eigenvalue weighted by molar-refractivity contribution is -0.139. The smallest absolute Gasteiger partial charge is 0.344 e. The number of nitrogens with zero attached hydrogens (tertiary/aromatic N) is 1. The molecule has 2 aromatic carbocycles. The first-order chi connectivity index (χ1) is 13.9. The van der Waals surface area contributed by atoms with Gasteiger partial charge < -0.3 is 14.8 Å². The fourth-order valence-corrected chi connectivity index (χ4v) is 2.98. The van der Waals surface area contributed by atoms with Crippen LogP contribution in [0.25, 0.3) is 0 Å². The quantitative estimate of drug-likeness (QED) is 0.526. The number of carbonyl (C=O) groups is 3. The van der Waals surface area contributed by atoms with E-state index in [2.05, 4.69) is 10.7 Å². The Labute approximate surface area is 168 Å². The van der Waals surface area contributed by atoms with Crippen LogP contribution in [0.4, 0.5) is 4.79 Å². The Kier molecular flexibility index (Phi) is 6.01. The summed E-state index contributed by atoms with van der Waals surface area (Å²) in [5.41, 5.74) is 1.80.